The second-order valence-corrected chi connectivity index (χ2v) is 14.5. The summed E-state index contributed by atoms with van der Waals surface area (Å²) < 4.78 is 4.88. The van der Waals surface area contributed by atoms with E-state index in [0.717, 1.165) is 71.4 Å². The number of fused-ring (bicyclic) bond motifs is 5. The van der Waals surface area contributed by atoms with Gasteiger partial charge in [-0.2, -0.15) is 0 Å². The molecular weight excluding hydrogens is 500 g/mol. The van der Waals surface area contributed by atoms with Crippen molar-refractivity contribution < 1.29 is 14.6 Å². The Labute approximate surface area is 244 Å². The fourth-order valence-corrected chi connectivity index (χ4v) is 10.2. The highest BCUT2D eigenvalue weighted by atomic mass is 16.5. The maximum absolute atomic E-state index is 11.7. The number of hydrogen-bond donors (Lipinski definition) is 4. The number of nitrogens with zero attached hydrogens (tertiary/aromatic N) is 1. The topological polar surface area (TPSA) is 114 Å². The first-order chi connectivity index (χ1) is 19.3. The van der Waals surface area contributed by atoms with Crippen LogP contribution in [0.4, 0.5) is 0 Å². The van der Waals surface area contributed by atoms with Crippen LogP contribution in [-0.2, 0) is 9.53 Å². The van der Waals surface area contributed by atoms with E-state index in [-0.39, 0.29) is 12.1 Å². The van der Waals surface area contributed by atoms with E-state index < -0.39 is 0 Å². The molecule has 4 aliphatic rings. The first kappa shape index (κ1) is 32.2. The predicted molar refractivity (Wildman–Crippen MR) is 163 cm³/mol. The van der Waals surface area contributed by atoms with Gasteiger partial charge < -0.3 is 31.5 Å². The Hall–Kier alpha value is -0.730. The highest BCUT2D eigenvalue weighted by molar-refractivity contribution is 5.68. The molecule has 7 heteroatoms. The van der Waals surface area contributed by atoms with Crippen LogP contribution in [0.1, 0.15) is 104 Å². The summed E-state index contributed by atoms with van der Waals surface area (Å²) in [4.78, 5) is 14.2. The Morgan fingerprint density at radius 1 is 0.925 bits per heavy atom. The standard InChI is InChI=1S/C33H62N4O3/c1-32-15-13-28-31(27(32)11-10-24(32)8-4-9-30(39)40-3)29(38)23-25-22-26(12-14-33(25,28)2)36-18-7-21-37(19-5-16-34)20-6-17-35/h24-29,31,36,38H,4-23,34-35H2,1-3H3. The molecular formula is C33H62N4O3. The number of esters is 1. The van der Waals surface area contributed by atoms with Gasteiger partial charge in [0.2, 0.25) is 0 Å². The Morgan fingerprint density at radius 3 is 2.30 bits per heavy atom. The van der Waals surface area contributed by atoms with Crippen LogP contribution < -0.4 is 16.8 Å². The summed E-state index contributed by atoms with van der Waals surface area (Å²) in [5.41, 5.74) is 12.2. The number of carbonyl (C=O) groups excluding carboxylic acids is 1. The molecule has 9 atom stereocenters. The number of nitrogens with one attached hydrogen (secondary N) is 1. The predicted octanol–water partition coefficient (Wildman–Crippen LogP) is 4.31. The van der Waals surface area contributed by atoms with Gasteiger partial charge in [-0.1, -0.05) is 13.8 Å². The number of nitrogens with two attached hydrogens (primary N) is 2. The molecule has 0 aromatic heterocycles. The van der Waals surface area contributed by atoms with E-state index >= 15 is 0 Å². The molecule has 4 rings (SSSR count). The summed E-state index contributed by atoms with van der Waals surface area (Å²) in [5.74, 6) is 2.99. The summed E-state index contributed by atoms with van der Waals surface area (Å²) in [7, 11) is 1.49. The Morgan fingerprint density at radius 2 is 1.60 bits per heavy atom. The van der Waals surface area contributed by atoms with Gasteiger partial charge in [-0.05, 0) is 163 Å². The lowest BCUT2D eigenvalue weighted by molar-refractivity contribution is -0.165. The third kappa shape index (κ3) is 7.07. The molecule has 0 amide bonds. The minimum absolute atomic E-state index is 0.0813. The first-order valence-corrected chi connectivity index (χ1v) is 16.9. The van der Waals surface area contributed by atoms with Gasteiger partial charge in [0.05, 0.1) is 13.2 Å². The molecule has 0 radical (unpaired) electrons. The van der Waals surface area contributed by atoms with Crippen molar-refractivity contribution in [3.05, 3.63) is 0 Å². The van der Waals surface area contributed by atoms with Crippen LogP contribution in [0.25, 0.3) is 0 Å². The van der Waals surface area contributed by atoms with Crippen LogP contribution in [0.3, 0.4) is 0 Å². The Kier molecular flexibility index (Phi) is 11.8. The number of hydrogen-bond acceptors (Lipinski definition) is 7. The summed E-state index contributed by atoms with van der Waals surface area (Å²) in [6.45, 7) is 11.0. The van der Waals surface area contributed by atoms with Gasteiger partial charge in [0, 0.05) is 12.5 Å². The molecule has 7 nitrogen and oxygen atoms in total. The lowest BCUT2D eigenvalue weighted by atomic mass is 9.44. The van der Waals surface area contributed by atoms with E-state index in [9.17, 15) is 9.90 Å². The normalized spacial score (nSPS) is 39.0. The van der Waals surface area contributed by atoms with Gasteiger partial charge in [-0.25, -0.2) is 0 Å². The lowest BCUT2D eigenvalue weighted by Crippen LogP contribution is -2.59. The minimum atomic E-state index is -0.154. The van der Waals surface area contributed by atoms with Crippen LogP contribution >= 0.6 is 0 Å². The van der Waals surface area contributed by atoms with Crippen molar-refractivity contribution in [2.24, 2.45) is 51.9 Å². The van der Waals surface area contributed by atoms with E-state index in [4.69, 9.17) is 16.2 Å². The summed E-state index contributed by atoms with van der Waals surface area (Å²) in [6.07, 6.45) is 15.6. The number of rotatable bonds is 15. The van der Waals surface area contributed by atoms with Crippen molar-refractivity contribution in [2.75, 3.05) is 46.4 Å². The van der Waals surface area contributed by atoms with Crippen LogP contribution in [0.5, 0.6) is 0 Å². The van der Waals surface area contributed by atoms with Crippen molar-refractivity contribution in [3.8, 4) is 0 Å². The molecule has 0 heterocycles. The number of methoxy groups -OCH3 is 1. The largest absolute Gasteiger partial charge is 0.469 e. The molecule has 0 aromatic carbocycles. The second kappa shape index (κ2) is 14.6. The summed E-state index contributed by atoms with van der Waals surface area (Å²) >= 11 is 0. The van der Waals surface area contributed by atoms with Gasteiger partial charge in [0.1, 0.15) is 0 Å². The van der Waals surface area contributed by atoms with Gasteiger partial charge in [0.25, 0.3) is 0 Å². The molecule has 4 aliphatic carbocycles. The monoisotopic (exact) mass is 562 g/mol. The number of carbonyl (C=O) groups is 1. The molecule has 0 spiro atoms. The van der Waals surface area contributed by atoms with E-state index in [1.165, 1.54) is 58.5 Å². The lowest BCUT2D eigenvalue weighted by Gasteiger charge is -2.62. The van der Waals surface area contributed by atoms with E-state index in [0.29, 0.717) is 52.9 Å². The summed E-state index contributed by atoms with van der Waals surface area (Å²) in [6, 6.07) is 0.586. The fraction of sp³-hybridized carbons (Fsp3) is 0.970. The maximum Gasteiger partial charge on any atom is 0.305 e. The Bertz CT molecular complexity index is 790. The van der Waals surface area contributed by atoms with Gasteiger partial charge in [0.15, 0.2) is 0 Å². The molecule has 0 aliphatic heterocycles. The SMILES string of the molecule is COC(=O)CCCC1CCC2C3C(O)CC4CC(NCCCN(CCCN)CCCN)CCC4(C)C3CCC12C. The quantitative estimate of drug-likeness (QED) is 0.174. The fourth-order valence-electron chi connectivity index (χ4n) is 10.2. The van der Waals surface area contributed by atoms with E-state index in [2.05, 4.69) is 24.1 Å². The highest BCUT2D eigenvalue weighted by Crippen LogP contribution is 2.67. The zero-order valence-corrected chi connectivity index (χ0v) is 26.0. The van der Waals surface area contributed by atoms with Crippen LogP contribution in [0.15, 0.2) is 0 Å². The molecule has 40 heavy (non-hydrogen) atoms. The molecule has 0 saturated heterocycles. The third-order valence-corrected chi connectivity index (χ3v) is 12.5. The molecule has 4 fully saturated rings. The van der Waals surface area contributed by atoms with Gasteiger partial charge in [-0.15, -0.1) is 0 Å². The Balaban J connectivity index is 1.29. The molecule has 6 N–H and O–H groups in total. The smallest absolute Gasteiger partial charge is 0.305 e. The van der Waals surface area contributed by atoms with Crippen molar-refractivity contribution in [1.29, 1.82) is 0 Å². The minimum Gasteiger partial charge on any atom is -0.469 e. The van der Waals surface area contributed by atoms with Gasteiger partial charge in [-0.3, -0.25) is 4.79 Å². The zero-order valence-electron chi connectivity index (χ0n) is 26.0. The van der Waals surface area contributed by atoms with Crippen LogP contribution in [-0.4, -0.2) is 74.5 Å². The second-order valence-electron chi connectivity index (χ2n) is 14.5. The molecule has 4 saturated carbocycles. The molecule has 232 valence electrons. The number of aliphatic hydroxyl groups excluding tert-OH is 1. The number of aliphatic hydroxyl groups is 1. The highest BCUT2D eigenvalue weighted by Gasteiger charge is 2.62. The third-order valence-electron chi connectivity index (χ3n) is 12.5. The summed E-state index contributed by atoms with van der Waals surface area (Å²) in [5, 5.41) is 15.6. The average Bonchev–Trinajstić information content (AvgIpc) is 3.28. The van der Waals surface area contributed by atoms with E-state index in [1.54, 1.807) is 0 Å². The number of ether oxygens (including phenoxy) is 1. The van der Waals surface area contributed by atoms with E-state index in [1.807, 2.05) is 0 Å². The van der Waals surface area contributed by atoms with Crippen molar-refractivity contribution in [1.82, 2.24) is 10.2 Å². The maximum atomic E-state index is 11.7. The molecule has 0 aromatic rings. The first-order valence-electron chi connectivity index (χ1n) is 16.9. The van der Waals surface area contributed by atoms with Crippen LogP contribution in [0, 0.1) is 40.4 Å². The zero-order chi connectivity index (χ0) is 28.8. The molecule has 9 unspecified atom stereocenters. The van der Waals surface area contributed by atoms with Gasteiger partial charge >= 0.3 is 5.97 Å². The van der Waals surface area contributed by atoms with Crippen molar-refractivity contribution in [2.45, 2.75) is 116 Å². The molecule has 0 bridgehead atoms. The average molecular weight is 563 g/mol. The van der Waals surface area contributed by atoms with Crippen molar-refractivity contribution in [3.63, 3.8) is 0 Å². The van der Waals surface area contributed by atoms with Crippen molar-refractivity contribution >= 4 is 5.97 Å². The van der Waals surface area contributed by atoms with Crippen LogP contribution in [0.2, 0.25) is 0 Å².